The van der Waals surface area contributed by atoms with Crippen LogP contribution in [0, 0.1) is 5.92 Å². The fraction of sp³-hybridized carbons (Fsp3) is 0.429. The number of quaternary nitrogens is 1. The Hall–Kier alpha value is -2.45. The van der Waals surface area contributed by atoms with Gasteiger partial charge in [-0.15, -0.1) is 0 Å². The molecule has 3 unspecified atom stereocenters. The molecule has 1 fully saturated rings. The maximum atomic E-state index is 13.3. The fourth-order valence-electron chi connectivity index (χ4n) is 4.08. The predicted octanol–water partition coefficient (Wildman–Crippen LogP) is 4.10. The van der Waals surface area contributed by atoms with Gasteiger partial charge in [-0.2, -0.15) is 9.28 Å². The third-order valence-electron chi connectivity index (χ3n) is 5.68. The van der Waals surface area contributed by atoms with Gasteiger partial charge in [-0.25, -0.2) is 4.79 Å². The Bertz CT molecular complexity index is 949. The van der Waals surface area contributed by atoms with Gasteiger partial charge in [0.25, 0.3) is 0 Å². The Morgan fingerprint density at radius 2 is 1.93 bits per heavy atom. The van der Waals surface area contributed by atoms with Crippen LogP contribution in [0.5, 0.6) is 0 Å². The van der Waals surface area contributed by atoms with Gasteiger partial charge < -0.3 is 9.52 Å². The first-order valence-corrected chi connectivity index (χ1v) is 10.4. The van der Waals surface area contributed by atoms with E-state index in [1.165, 1.54) is 13.8 Å². The van der Waals surface area contributed by atoms with Crippen molar-refractivity contribution in [2.45, 2.75) is 44.9 Å². The number of carbonyl (C=O) groups is 4. The molecular weight excluding hydrogens is 394 g/mol. The maximum absolute atomic E-state index is 13.3. The number of imide groups is 1. The van der Waals surface area contributed by atoms with Crippen molar-refractivity contribution in [3.8, 4) is 0 Å². The van der Waals surface area contributed by atoms with E-state index in [-0.39, 0.29) is 23.5 Å². The highest BCUT2D eigenvalue weighted by Crippen LogP contribution is 2.35. The first-order chi connectivity index (χ1) is 13.7. The summed E-state index contributed by atoms with van der Waals surface area (Å²) >= 11 is 0.747. The molecule has 1 aliphatic heterocycles. The summed E-state index contributed by atoms with van der Waals surface area (Å²) in [6.07, 6.45) is 0.0235. The number of hydrogen-bond donors (Lipinski definition) is 1. The summed E-state index contributed by atoms with van der Waals surface area (Å²) < 4.78 is 4.93. The number of para-hydroxylation sites is 1. The summed E-state index contributed by atoms with van der Waals surface area (Å²) in [7, 11) is 0. The molecule has 3 rings (SSSR count). The monoisotopic (exact) mass is 418 g/mol. The number of ketones is 1. The van der Waals surface area contributed by atoms with E-state index < -0.39 is 33.4 Å². The van der Waals surface area contributed by atoms with E-state index in [9.17, 15) is 24.3 Å². The molecule has 2 aromatic rings. The summed E-state index contributed by atoms with van der Waals surface area (Å²) in [6.45, 7) is 4.77. The largest absolute Gasteiger partial charge is 0.521 e. The fourth-order valence-corrected chi connectivity index (χ4v) is 4.98. The molecule has 1 aliphatic rings. The first-order valence-electron chi connectivity index (χ1n) is 9.54. The summed E-state index contributed by atoms with van der Waals surface area (Å²) in [5.74, 6) is -1.95. The van der Waals surface area contributed by atoms with E-state index in [1.807, 2.05) is 6.07 Å². The van der Waals surface area contributed by atoms with Gasteiger partial charge in [0, 0.05) is 25.2 Å². The Balaban J connectivity index is 1.97. The van der Waals surface area contributed by atoms with Crippen LogP contribution in [0.15, 0.2) is 34.7 Å². The number of carboxylic acid groups (broad SMARTS) is 1. The van der Waals surface area contributed by atoms with Gasteiger partial charge >= 0.3 is 12.0 Å². The third kappa shape index (κ3) is 3.74. The molecule has 7 nitrogen and oxygen atoms in total. The SMILES string of the molecule is CC(=O)SC(C(=O)c1cc2ccccc2o1)C(C)C(=O)[N+]1(C(=O)O)CCC[C@H]1C. The van der Waals surface area contributed by atoms with E-state index in [1.54, 1.807) is 31.2 Å². The van der Waals surface area contributed by atoms with Gasteiger partial charge in [-0.05, 0) is 26.0 Å². The predicted molar refractivity (Wildman–Crippen MR) is 109 cm³/mol. The lowest BCUT2D eigenvalue weighted by Crippen LogP contribution is -2.61. The van der Waals surface area contributed by atoms with Crippen LogP contribution in [0.25, 0.3) is 11.0 Å². The standard InChI is InChI=1S/C21H23NO6S/c1-12-7-6-10-22(12,21(26)27)20(25)13(2)19(29-14(3)23)18(24)17-11-15-8-4-5-9-16(15)28-17/h4-5,8-9,11-13,19H,6-7,10H2,1-3H3/p+1/t12-,13?,19?,22?/m1/s1. The van der Waals surface area contributed by atoms with Crippen LogP contribution in [0.2, 0.25) is 0 Å². The van der Waals surface area contributed by atoms with Crippen molar-refractivity contribution < 1.29 is 33.2 Å². The zero-order valence-corrected chi connectivity index (χ0v) is 17.4. The molecule has 0 aliphatic carbocycles. The molecule has 0 bridgehead atoms. The Morgan fingerprint density at radius 1 is 1.24 bits per heavy atom. The van der Waals surface area contributed by atoms with Crippen LogP contribution >= 0.6 is 11.8 Å². The molecular formula is C21H24NO6S+. The van der Waals surface area contributed by atoms with Crippen LogP contribution in [0.3, 0.4) is 0 Å². The number of benzene rings is 1. The molecule has 1 saturated heterocycles. The quantitative estimate of drug-likeness (QED) is 0.576. The van der Waals surface area contributed by atoms with Crippen LogP contribution < -0.4 is 0 Å². The molecule has 8 heteroatoms. The highest BCUT2D eigenvalue weighted by atomic mass is 32.2. The van der Waals surface area contributed by atoms with Crippen LogP contribution in [-0.2, 0) is 9.59 Å². The van der Waals surface area contributed by atoms with E-state index in [0.717, 1.165) is 17.1 Å². The van der Waals surface area contributed by atoms with Crippen LogP contribution in [0.4, 0.5) is 4.79 Å². The van der Waals surface area contributed by atoms with Gasteiger partial charge in [0.2, 0.25) is 5.78 Å². The number of thioether (sulfide) groups is 1. The molecule has 0 spiro atoms. The minimum Gasteiger partial charge on any atom is -0.453 e. The summed E-state index contributed by atoms with van der Waals surface area (Å²) in [4.78, 5) is 50.4. The normalized spacial score (nSPS) is 23.6. The number of furan rings is 1. The first kappa shape index (κ1) is 21.3. The molecule has 29 heavy (non-hydrogen) atoms. The van der Waals surface area contributed by atoms with E-state index in [4.69, 9.17) is 4.42 Å². The second kappa shape index (κ2) is 8.12. The number of hydrogen-bond acceptors (Lipinski definition) is 6. The molecule has 154 valence electrons. The molecule has 0 radical (unpaired) electrons. The van der Waals surface area contributed by atoms with Crippen molar-refractivity contribution in [3.05, 3.63) is 36.1 Å². The average molecular weight is 418 g/mol. The lowest BCUT2D eigenvalue weighted by Gasteiger charge is -2.33. The number of likely N-dealkylation sites (tertiary alicyclic amines) is 1. The maximum Gasteiger partial charge on any atom is 0.521 e. The van der Waals surface area contributed by atoms with Gasteiger partial charge in [0.05, 0.1) is 17.7 Å². The smallest absolute Gasteiger partial charge is 0.453 e. The number of nitrogens with zero attached hydrogens (tertiary/aromatic N) is 1. The third-order valence-corrected chi connectivity index (χ3v) is 6.89. The van der Waals surface area contributed by atoms with Gasteiger partial charge in [0.1, 0.15) is 11.6 Å². The summed E-state index contributed by atoms with van der Waals surface area (Å²) in [5, 5.41) is 9.21. The number of Topliss-reactive ketones (excluding diaryl/α,β-unsaturated/α-hetero) is 1. The summed E-state index contributed by atoms with van der Waals surface area (Å²) in [6, 6.07) is 8.33. The number of rotatable bonds is 5. The van der Waals surface area contributed by atoms with E-state index in [2.05, 4.69) is 0 Å². The second-order valence-corrected chi connectivity index (χ2v) is 8.85. The Kier molecular flexibility index (Phi) is 5.95. The Morgan fingerprint density at radius 3 is 2.48 bits per heavy atom. The minimum absolute atomic E-state index is 0.0564. The van der Waals surface area contributed by atoms with Crippen LogP contribution in [0.1, 0.15) is 44.2 Å². The highest BCUT2D eigenvalue weighted by molar-refractivity contribution is 8.14. The molecule has 0 saturated carbocycles. The van der Waals surface area contributed by atoms with Crippen molar-refractivity contribution in [2.75, 3.05) is 6.54 Å². The van der Waals surface area contributed by atoms with E-state index in [0.29, 0.717) is 18.4 Å². The van der Waals surface area contributed by atoms with Crippen molar-refractivity contribution >= 4 is 45.6 Å². The summed E-state index contributed by atoms with van der Waals surface area (Å²) in [5.41, 5.74) is 0.531. The van der Waals surface area contributed by atoms with Crippen LogP contribution in [-0.4, -0.2) is 50.3 Å². The zero-order valence-electron chi connectivity index (χ0n) is 16.6. The molecule has 2 heterocycles. The average Bonchev–Trinajstić information content (AvgIpc) is 3.28. The minimum atomic E-state index is -1.21. The molecule has 1 aromatic heterocycles. The number of amides is 2. The number of carbonyl (C=O) groups excluding carboxylic acids is 3. The Labute approximate surface area is 172 Å². The van der Waals surface area contributed by atoms with Crippen molar-refractivity contribution in [1.29, 1.82) is 0 Å². The van der Waals surface area contributed by atoms with Crippen molar-refractivity contribution in [3.63, 3.8) is 0 Å². The van der Waals surface area contributed by atoms with Gasteiger partial charge in [-0.3, -0.25) is 9.59 Å². The van der Waals surface area contributed by atoms with E-state index >= 15 is 0 Å². The van der Waals surface area contributed by atoms with Crippen molar-refractivity contribution in [2.24, 2.45) is 5.92 Å². The lowest BCUT2D eigenvalue weighted by atomic mass is 9.99. The highest BCUT2D eigenvalue weighted by Gasteiger charge is 2.56. The lowest BCUT2D eigenvalue weighted by molar-refractivity contribution is -0.794. The molecule has 2 amide bonds. The van der Waals surface area contributed by atoms with Gasteiger partial charge in [-0.1, -0.05) is 30.0 Å². The molecule has 1 aromatic carbocycles. The molecule has 4 atom stereocenters. The van der Waals surface area contributed by atoms with Crippen molar-refractivity contribution in [1.82, 2.24) is 0 Å². The second-order valence-electron chi connectivity index (χ2n) is 7.54. The number of fused-ring (bicyclic) bond motifs is 1. The molecule has 1 N–H and O–H groups in total. The zero-order chi connectivity index (χ0) is 21.3. The van der Waals surface area contributed by atoms with Gasteiger partial charge in [0.15, 0.2) is 10.9 Å². The topological polar surface area (TPSA) is 102 Å².